The number of nitriles is 1. The number of nitrogens with two attached hydrogens (primary N) is 1. The van der Waals surface area contributed by atoms with Crippen LogP contribution in [0.3, 0.4) is 0 Å². The average Bonchev–Trinajstić information content (AvgIpc) is 2.19. The molecule has 1 rings (SSSR count). The molecule has 0 amide bonds. The van der Waals surface area contributed by atoms with Crippen molar-refractivity contribution in [3.63, 3.8) is 0 Å². The SMILES string of the molecule is N#CC(N)Cc1ccc(C(F)(F)F)cc1F. The Morgan fingerprint density at radius 3 is 2.44 bits per heavy atom. The van der Waals surface area contributed by atoms with Gasteiger partial charge in [0.15, 0.2) is 0 Å². The summed E-state index contributed by atoms with van der Waals surface area (Å²) < 4.78 is 49.8. The van der Waals surface area contributed by atoms with Gasteiger partial charge in [-0.15, -0.1) is 0 Å². The molecular formula is C10H8F4N2. The van der Waals surface area contributed by atoms with Gasteiger partial charge in [0.05, 0.1) is 17.7 Å². The molecule has 0 fully saturated rings. The molecule has 0 aliphatic heterocycles. The fraction of sp³-hybridized carbons (Fsp3) is 0.300. The second kappa shape index (κ2) is 4.49. The van der Waals surface area contributed by atoms with E-state index in [1.54, 1.807) is 6.07 Å². The van der Waals surface area contributed by atoms with E-state index in [1.807, 2.05) is 0 Å². The number of halogens is 4. The summed E-state index contributed by atoms with van der Waals surface area (Å²) in [5.41, 5.74) is 4.19. The topological polar surface area (TPSA) is 49.8 Å². The largest absolute Gasteiger partial charge is 0.416 e. The minimum absolute atomic E-state index is 0.00190. The van der Waals surface area contributed by atoms with Gasteiger partial charge in [-0.1, -0.05) is 6.07 Å². The summed E-state index contributed by atoms with van der Waals surface area (Å²) in [7, 11) is 0. The molecule has 2 N–H and O–H groups in total. The van der Waals surface area contributed by atoms with Crippen LogP contribution in [0.25, 0.3) is 0 Å². The van der Waals surface area contributed by atoms with Crippen LogP contribution in [-0.4, -0.2) is 6.04 Å². The van der Waals surface area contributed by atoms with Gasteiger partial charge in [0, 0.05) is 6.42 Å². The third kappa shape index (κ3) is 2.94. The first-order chi connectivity index (χ1) is 7.34. The zero-order valence-electron chi connectivity index (χ0n) is 8.05. The van der Waals surface area contributed by atoms with Gasteiger partial charge in [0.2, 0.25) is 0 Å². The van der Waals surface area contributed by atoms with Gasteiger partial charge < -0.3 is 5.73 Å². The number of hydrogen-bond donors (Lipinski definition) is 1. The molecule has 16 heavy (non-hydrogen) atoms. The van der Waals surface area contributed by atoms with Gasteiger partial charge in [-0.3, -0.25) is 0 Å². The van der Waals surface area contributed by atoms with Crippen LogP contribution < -0.4 is 5.73 Å². The van der Waals surface area contributed by atoms with Crippen molar-refractivity contribution in [1.82, 2.24) is 0 Å². The average molecular weight is 232 g/mol. The molecule has 0 radical (unpaired) electrons. The first-order valence-corrected chi connectivity index (χ1v) is 4.35. The number of rotatable bonds is 2. The molecule has 86 valence electrons. The van der Waals surface area contributed by atoms with Gasteiger partial charge in [0.25, 0.3) is 0 Å². The third-order valence-electron chi connectivity index (χ3n) is 1.99. The smallest absolute Gasteiger partial charge is 0.316 e. The van der Waals surface area contributed by atoms with Crippen LogP contribution in [0.5, 0.6) is 0 Å². The van der Waals surface area contributed by atoms with Gasteiger partial charge in [-0.05, 0) is 17.7 Å². The van der Waals surface area contributed by atoms with E-state index in [4.69, 9.17) is 11.0 Å². The number of benzene rings is 1. The van der Waals surface area contributed by atoms with Crippen molar-refractivity contribution in [3.05, 3.63) is 35.1 Å². The lowest BCUT2D eigenvalue weighted by Gasteiger charge is -2.09. The third-order valence-corrected chi connectivity index (χ3v) is 1.99. The molecule has 0 saturated heterocycles. The summed E-state index contributed by atoms with van der Waals surface area (Å²) in [5, 5.41) is 8.39. The summed E-state index contributed by atoms with van der Waals surface area (Å²) in [6, 6.07) is 2.91. The van der Waals surface area contributed by atoms with Crippen molar-refractivity contribution in [3.8, 4) is 6.07 Å². The molecule has 0 bridgehead atoms. The molecule has 0 saturated carbocycles. The lowest BCUT2D eigenvalue weighted by atomic mass is 10.0. The van der Waals surface area contributed by atoms with Crippen molar-refractivity contribution >= 4 is 0 Å². The summed E-state index contributed by atoms with van der Waals surface area (Å²) >= 11 is 0. The first-order valence-electron chi connectivity index (χ1n) is 4.35. The summed E-state index contributed by atoms with van der Waals surface area (Å²) in [6.07, 6.45) is -4.68. The van der Waals surface area contributed by atoms with Gasteiger partial charge in [-0.2, -0.15) is 18.4 Å². The Balaban J connectivity index is 2.97. The second-order valence-corrected chi connectivity index (χ2v) is 3.24. The Labute approximate surface area is 89.3 Å². The number of hydrogen-bond acceptors (Lipinski definition) is 2. The van der Waals surface area contributed by atoms with E-state index < -0.39 is 23.6 Å². The van der Waals surface area contributed by atoms with Crippen LogP contribution in [0.4, 0.5) is 17.6 Å². The van der Waals surface area contributed by atoms with E-state index in [9.17, 15) is 17.6 Å². The van der Waals surface area contributed by atoms with Crippen LogP contribution >= 0.6 is 0 Å². The minimum Gasteiger partial charge on any atom is -0.316 e. The lowest BCUT2D eigenvalue weighted by Crippen LogP contribution is -2.21. The van der Waals surface area contributed by atoms with E-state index in [0.29, 0.717) is 6.07 Å². The molecule has 6 heteroatoms. The van der Waals surface area contributed by atoms with Gasteiger partial charge in [-0.25, -0.2) is 4.39 Å². The summed E-state index contributed by atoms with van der Waals surface area (Å²) in [5.74, 6) is -1.000. The Morgan fingerprint density at radius 1 is 1.38 bits per heavy atom. The number of alkyl halides is 3. The van der Waals surface area contributed by atoms with Crippen molar-refractivity contribution < 1.29 is 17.6 Å². The highest BCUT2D eigenvalue weighted by Crippen LogP contribution is 2.30. The molecule has 1 unspecified atom stereocenters. The van der Waals surface area contributed by atoms with Crippen molar-refractivity contribution in [2.75, 3.05) is 0 Å². The van der Waals surface area contributed by atoms with E-state index in [1.165, 1.54) is 0 Å². The quantitative estimate of drug-likeness (QED) is 0.795. The van der Waals surface area contributed by atoms with Crippen LogP contribution in [0, 0.1) is 17.1 Å². The zero-order valence-corrected chi connectivity index (χ0v) is 8.05. The summed E-state index contributed by atoms with van der Waals surface area (Å²) in [6.45, 7) is 0. The highest BCUT2D eigenvalue weighted by Gasteiger charge is 2.31. The van der Waals surface area contributed by atoms with E-state index in [0.717, 1.165) is 12.1 Å². The Hall–Kier alpha value is -1.61. The molecule has 1 aromatic rings. The fourth-order valence-electron chi connectivity index (χ4n) is 1.17. The monoisotopic (exact) mass is 232 g/mol. The van der Waals surface area contributed by atoms with Gasteiger partial charge in [0.1, 0.15) is 5.82 Å². The highest BCUT2D eigenvalue weighted by molar-refractivity contribution is 5.27. The van der Waals surface area contributed by atoms with E-state index in [-0.39, 0.29) is 12.0 Å². The molecule has 0 heterocycles. The molecule has 1 atom stereocenters. The maximum absolute atomic E-state index is 13.2. The predicted octanol–water partition coefficient (Wildman–Crippen LogP) is 2.24. The molecular weight excluding hydrogens is 224 g/mol. The van der Waals surface area contributed by atoms with Crippen molar-refractivity contribution in [2.24, 2.45) is 5.73 Å². The van der Waals surface area contributed by atoms with Crippen LogP contribution in [-0.2, 0) is 12.6 Å². The lowest BCUT2D eigenvalue weighted by molar-refractivity contribution is -0.137. The Kier molecular flexibility index (Phi) is 3.50. The van der Waals surface area contributed by atoms with E-state index in [2.05, 4.69) is 0 Å². The Bertz CT molecular complexity index is 420. The molecule has 2 nitrogen and oxygen atoms in total. The maximum Gasteiger partial charge on any atom is 0.416 e. The highest BCUT2D eigenvalue weighted by atomic mass is 19.4. The van der Waals surface area contributed by atoms with Crippen molar-refractivity contribution in [1.29, 1.82) is 5.26 Å². The zero-order chi connectivity index (χ0) is 12.3. The second-order valence-electron chi connectivity index (χ2n) is 3.24. The fourth-order valence-corrected chi connectivity index (χ4v) is 1.17. The van der Waals surface area contributed by atoms with Crippen LogP contribution in [0.2, 0.25) is 0 Å². The molecule has 0 aromatic heterocycles. The predicted molar refractivity (Wildman–Crippen MR) is 48.7 cm³/mol. The number of nitrogens with zero attached hydrogens (tertiary/aromatic N) is 1. The summed E-state index contributed by atoms with van der Waals surface area (Å²) in [4.78, 5) is 0. The van der Waals surface area contributed by atoms with Crippen LogP contribution in [0.1, 0.15) is 11.1 Å². The molecule has 0 spiro atoms. The van der Waals surface area contributed by atoms with Gasteiger partial charge >= 0.3 is 6.18 Å². The normalized spacial score (nSPS) is 13.2. The first kappa shape index (κ1) is 12.5. The standard InChI is InChI=1S/C10H8F4N2/c11-9-4-7(10(12,13)14)2-1-6(9)3-8(16)5-15/h1-2,4,8H,3,16H2. The maximum atomic E-state index is 13.2. The minimum atomic E-state index is -4.57. The Morgan fingerprint density at radius 2 is 2.00 bits per heavy atom. The van der Waals surface area contributed by atoms with E-state index >= 15 is 0 Å². The molecule has 0 aliphatic carbocycles. The van der Waals surface area contributed by atoms with Crippen molar-refractivity contribution in [2.45, 2.75) is 18.6 Å². The molecule has 1 aromatic carbocycles. The van der Waals surface area contributed by atoms with Crippen LogP contribution in [0.15, 0.2) is 18.2 Å². The molecule has 0 aliphatic rings.